The molecule has 5 rings (SSSR count). The van der Waals surface area contributed by atoms with Crippen molar-refractivity contribution in [3.8, 4) is 11.5 Å². The van der Waals surface area contributed by atoms with Gasteiger partial charge < -0.3 is 18.9 Å². The van der Waals surface area contributed by atoms with E-state index in [9.17, 15) is 26.7 Å². The van der Waals surface area contributed by atoms with Crippen LogP contribution in [-0.4, -0.2) is 55.8 Å². The SMILES string of the molecule is CN1CC[C@]23c4c5ccc(OS(=O)(=O)C(F)(F)F)c4O[C@H]2[C@@H](O)C=C[C@H]3[C@H]1C5. The van der Waals surface area contributed by atoms with Gasteiger partial charge in [0.05, 0.1) is 0 Å². The van der Waals surface area contributed by atoms with Crippen molar-refractivity contribution in [1.82, 2.24) is 4.90 Å². The maximum Gasteiger partial charge on any atom is 0.534 e. The van der Waals surface area contributed by atoms with Crippen LogP contribution in [0, 0.1) is 5.92 Å². The lowest BCUT2D eigenvalue weighted by molar-refractivity contribution is -0.0507. The van der Waals surface area contributed by atoms with Gasteiger partial charge in [-0.15, -0.1) is 0 Å². The van der Waals surface area contributed by atoms with E-state index in [4.69, 9.17) is 4.74 Å². The molecule has 0 amide bonds. The highest BCUT2D eigenvalue weighted by Crippen LogP contribution is 2.62. The Hall–Kier alpha value is -1.78. The fourth-order valence-corrected chi connectivity index (χ4v) is 5.92. The minimum atomic E-state index is -5.83. The number of likely N-dealkylation sites (tertiary alicyclic amines) is 1. The number of alkyl halides is 3. The molecule has 2 aliphatic heterocycles. The van der Waals surface area contributed by atoms with Crippen LogP contribution in [0.15, 0.2) is 24.3 Å². The topological polar surface area (TPSA) is 76.1 Å². The van der Waals surface area contributed by atoms with Crippen LogP contribution in [0.4, 0.5) is 13.2 Å². The smallest absolute Gasteiger partial charge is 0.482 e. The van der Waals surface area contributed by atoms with Crippen molar-refractivity contribution >= 4 is 10.1 Å². The van der Waals surface area contributed by atoms with Crippen molar-refractivity contribution in [2.24, 2.45) is 5.92 Å². The van der Waals surface area contributed by atoms with Crippen LogP contribution < -0.4 is 8.92 Å². The van der Waals surface area contributed by atoms with E-state index in [1.54, 1.807) is 12.1 Å². The second-order valence-electron chi connectivity index (χ2n) is 7.89. The Labute approximate surface area is 159 Å². The van der Waals surface area contributed by atoms with E-state index in [2.05, 4.69) is 9.08 Å². The Bertz CT molecular complexity index is 992. The van der Waals surface area contributed by atoms with E-state index in [1.165, 1.54) is 6.07 Å². The molecule has 0 unspecified atom stereocenters. The Kier molecular flexibility index (Phi) is 3.54. The molecule has 2 aliphatic carbocycles. The summed E-state index contributed by atoms with van der Waals surface area (Å²) in [7, 11) is -3.80. The number of benzene rings is 1. The summed E-state index contributed by atoms with van der Waals surface area (Å²) in [5.74, 6) is -0.461. The Morgan fingerprint density at radius 2 is 2.07 bits per heavy atom. The normalized spacial score (nSPS) is 36.0. The molecule has 0 radical (unpaired) electrons. The Morgan fingerprint density at radius 3 is 2.79 bits per heavy atom. The zero-order valence-corrected chi connectivity index (χ0v) is 15.6. The van der Waals surface area contributed by atoms with Crippen molar-refractivity contribution in [3.05, 3.63) is 35.4 Å². The molecule has 1 saturated heterocycles. The highest BCUT2D eigenvalue weighted by atomic mass is 32.2. The monoisotopic (exact) mass is 417 g/mol. The van der Waals surface area contributed by atoms with Crippen LogP contribution >= 0.6 is 0 Å². The van der Waals surface area contributed by atoms with Gasteiger partial charge in [-0.05, 0) is 38.1 Å². The summed E-state index contributed by atoms with van der Waals surface area (Å²) < 4.78 is 71.9. The number of aliphatic hydroxyl groups is 1. The first-order chi connectivity index (χ1) is 13.1. The van der Waals surface area contributed by atoms with Gasteiger partial charge in [-0.2, -0.15) is 21.6 Å². The second kappa shape index (κ2) is 5.43. The first kappa shape index (κ1) is 18.3. The molecule has 10 heteroatoms. The van der Waals surface area contributed by atoms with Crippen LogP contribution in [0.5, 0.6) is 11.5 Å². The fourth-order valence-electron chi connectivity index (χ4n) is 5.46. The molecule has 1 spiro atoms. The van der Waals surface area contributed by atoms with Gasteiger partial charge in [-0.25, -0.2) is 0 Å². The third-order valence-electron chi connectivity index (χ3n) is 6.62. The molecule has 28 heavy (non-hydrogen) atoms. The molecule has 4 aliphatic rings. The van der Waals surface area contributed by atoms with Gasteiger partial charge in [0.25, 0.3) is 0 Å². The summed E-state index contributed by atoms with van der Waals surface area (Å²) >= 11 is 0. The third-order valence-corrected chi connectivity index (χ3v) is 7.58. The van der Waals surface area contributed by atoms with E-state index < -0.39 is 39.0 Å². The van der Waals surface area contributed by atoms with Gasteiger partial charge in [0.1, 0.15) is 12.2 Å². The molecule has 1 aromatic carbocycles. The maximum atomic E-state index is 12.8. The molecule has 1 N–H and O–H groups in total. The molecule has 6 nitrogen and oxygen atoms in total. The highest BCUT2D eigenvalue weighted by Gasteiger charge is 2.64. The van der Waals surface area contributed by atoms with Crippen molar-refractivity contribution < 1.29 is 35.6 Å². The van der Waals surface area contributed by atoms with Crippen molar-refractivity contribution in [1.29, 1.82) is 0 Å². The van der Waals surface area contributed by atoms with Crippen LogP contribution in [0.3, 0.4) is 0 Å². The van der Waals surface area contributed by atoms with Crippen LogP contribution in [0.25, 0.3) is 0 Å². The average molecular weight is 417 g/mol. The molecular weight excluding hydrogens is 399 g/mol. The predicted octanol–water partition coefficient (Wildman–Crippen LogP) is 1.72. The molecule has 2 bridgehead atoms. The number of ether oxygens (including phenoxy) is 1. The van der Waals surface area contributed by atoms with Crippen LogP contribution in [0.2, 0.25) is 0 Å². The first-order valence-electron chi connectivity index (χ1n) is 8.96. The van der Waals surface area contributed by atoms with Gasteiger partial charge in [0.15, 0.2) is 11.5 Å². The summed E-state index contributed by atoms with van der Waals surface area (Å²) in [4.78, 5) is 2.24. The number of aliphatic hydroxyl groups excluding tert-OH is 1. The number of piperidine rings is 1. The zero-order chi connectivity index (χ0) is 20.1. The molecule has 0 saturated carbocycles. The highest BCUT2D eigenvalue weighted by molar-refractivity contribution is 7.88. The average Bonchev–Trinajstić information content (AvgIpc) is 2.96. The number of hydrogen-bond acceptors (Lipinski definition) is 6. The van der Waals surface area contributed by atoms with Crippen molar-refractivity contribution in [3.63, 3.8) is 0 Å². The lowest BCUT2D eigenvalue weighted by Gasteiger charge is -2.56. The van der Waals surface area contributed by atoms with Crippen LogP contribution in [-0.2, 0) is 22.0 Å². The van der Waals surface area contributed by atoms with Gasteiger partial charge in [0, 0.05) is 22.9 Å². The molecule has 1 fully saturated rings. The quantitative estimate of drug-likeness (QED) is 0.449. The zero-order valence-electron chi connectivity index (χ0n) is 14.8. The minimum absolute atomic E-state index is 0.00563. The van der Waals surface area contributed by atoms with Gasteiger partial charge in [-0.3, -0.25) is 0 Å². The fraction of sp³-hybridized carbons (Fsp3) is 0.556. The predicted molar refractivity (Wildman–Crippen MR) is 91.5 cm³/mol. The molecule has 5 atom stereocenters. The standard InChI is InChI=1S/C18H18F3NO5S/c1-22-7-6-17-10-3-4-12(23)16(17)26-15-13(27-28(24,25)18(19,20)21)5-2-9(14(15)17)8-11(10)22/h2-5,10-12,16,23H,6-8H2,1H3/t10-,11+,12-,16-,17-/m0/s1. The number of halogens is 3. The number of rotatable bonds is 2. The van der Waals surface area contributed by atoms with Crippen molar-refractivity contribution in [2.45, 2.75) is 42.0 Å². The largest absolute Gasteiger partial charge is 0.534 e. The van der Waals surface area contributed by atoms with E-state index >= 15 is 0 Å². The van der Waals surface area contributed by atoms with E-state index in [-0.39, 0.29) is 17.7 Å². The summed E-state index contributed by atoms with van der Waals surface area (Å²) in [6.07, 6.45) is 3.30. The van der Waals surface area contributed by atoms with Gasteiger partial charge >= 0.3 is 15.6 Å². The maximum absolute atomic E-state index is 12.8. The number of hydrogen-bond donors (Lipinski definition) is 1. The third kappa shape index (κ3) is 2.13. The second-order valence-corrected chi connectivity index (χ2v) is 9.43. The Morgan fingerprint density at radius 1 is 1.32 bits per heavy atom. The molecule has 1 aromatic rings. The van der Waals surface area contributed by atoms with Crippen molar-refractivity contribution in [2.75, 3.05) is 13.6 Å². The summed E-state index contributed by atoms with van der Waals surface area (Å²) in [5.41, 5.74) is -4.56. The first-order valence-corrected chi connectivity index (χ1v) is 10.4. The van der Waals surface area contributed by atoms with E-state index in [0.717, 1.165) is 12.1 Å². The molecular formula is C18H18F3NO5S. The minimum Gasteiger partial charge on any atom is -0.482 e. The summed E-state index contributed by atoms with van der Waals surface area (Å²) in [6.45, 7) is 0.742. The lowest BCUT2D eigenvalue weighted by Crippen LogP contribution is -2.64. The molecule has 0 aromatic heterocycles. The van der Waals surface area contributed by atoms with Crippen LogP contribution in [0.1, 0.15) is 17.5 Å². The van der Waals surface area contributed by atoms with Gasteiger partial charge in [0.2, 0.25) is 0 Å². The molecule has 2 heterocycles. The molecule has 152 valence electrons. The van der Waals surface area contributed by atoms with E-state index in [1.807, 2.05) is 13.1 Å². The van der Waals surface area contributed by atoms with Gasteiger partial charge in [-0.1, -0.05) is 18.2 Å². The summed E-state index contributed by atoms with van der Waals surface area (Å²) in [6, 6.07) is 3.00. The van der Waals surface area contributed by atoms with E-state index in [0.29, 0.717) is 18.4 Å². The summed E-state index contributed by atoms with van der Waals surface area (Å²) in [5, 5.41) is 10.5. The lowest BCUT2D eigenvalue weighted by atomic mass is 9.53. The number of nitrogens with zero attached hydrogens (tertiary/aromatic N) is 1. The Balaban J connectivity index is 1.69. The number of likely N-dealkylation sites (N-methyl/N-ethyl adjacent to an activating group) is 1.